The van der Waals surface area contributed by atoms with Gasteiger partial charge in [-0.2, -0.15) is 0 Å². The molecule has 0 bridgehead atoms. The molecule has 0 aliphatic rings. The Morgan fingerprint density at radius 1 is 1.46 bits per heavy atom. The molecule has 2 nitrogen and oxygen atoms in total. The molecule has 0 unspecified atom stereocenters. The highest BCUT2D eigenvalue weighted by Crippen LogP contribution is 2.26. The normalized spacial score (nSPS) is 10.5. The summed E-state index contributed by atoms with van der Waals surface area (Å²) in [7, 11) is 0. The predicted octanol–water partition coefficient (Wildman–Crippen LogP) is 3.20. The van der Waals surface area contributed by atoms with E-state index in [0.29, 0.717) is 0 Å². The van der Waals surface area contributed by atoms with Crippen molar-refractivity contribution in [2.45, 2.75) is 17.0 Å². The van der Waals surface area contributed by atoms with Crippen LogP contribution in [0.1, 0.15) is 9.88 Å². The molecule has 0 N–H and O–H groups in total. The van der Waals surface area contributed by atoms with E-state index < -0.39 is 0 Å². The fourth-order valence-corrected chi connectivity index (χ4v) is 3.30. The van der Waals surface area contributed by atoms with E-state index in [1.807, 2.05) is 17.8 Å². The molecule has 0 saturated heterocycles. The largest absolute Gasteiger partial charge is 0.249 e. The minimum Gasteiger partial charge on any atom is -0.249 e. The van der Waals surface area contributed by atoms with Gasteiger partial charge in [-0.3, -0.25) is 0 Å². The van der Waals surface area contributed by atoms with E-state index in [1.54, 1.807) is 34.4 Å². The van der Waals surface area contributed by atoms with E-state index in [1.165, 1.54) is 9.88 Å². The number of thioether (sulfide) groups is 1. The van der Waals surface area contributed by atoms with E-state index in [4.69, 9.17) is 0 Å². The van der Waals surface area contributed by atoms with Crippen molar-refractivity contribution in [2.75, 3.05) is 0 Å². The van der Waals surface area contributed by atoms with Crippen molar-refractivity contribution in [2.24, 2.45) is 0 Å². The summed E-state index contributed by atoms with van der Waals surface area (Å²) >= 11 is 5.18. The maximum atomic E-state index is 4.29. The van der Waals surface area contributed by atoms with Gasteiger partial charge in [-0.05, 0) is 6.92 Å². The van der Waals surface area contributed by atoms with Crippen LogP contribution in [0.25, 0.3) is 0 Å². The minimum absolute atomic E-state index is 0.937. The second-order valence-corrected chi connectivity index (χ2v) is 5.89. The molecule has 0 saturated carbocycles. The van der Waals surface area contributed by atoms with Gasteiger partial charge in [-0.1, -0.05) is 11.8 Å². The molecular formula is C8H8N2S3. The van der Waals surface area contributed by atoms with E-state index >= 15 is 0 Å². The van der Waals surface area contributed by atoms with Crippen LogP contribution in [0.3, 0.4) is 0 Å². The number of hydrogen-bond donors (Lipinski definition) is 0. The van der Waals surface area contributed by atoms with E-state index in [2.05, 4.69) is 16.9 Å². The summed E-state index contributed by atoms with van der Waals surface area (Å²) in [6.07, 6.45) is 3.75. The van der Waals surface area contributed by atoms with Gasteiger partial charge in [-0.25, -0.2) is 9.97 Å². The minimum atomic E-state index is 0.937. The molecule has 0 radical (unpaired) electrons. The van der Waals surface area contributed by atoms with Crippen LogP contribution in [-0.2, 0) is 5.75 Å². The number of aromatic nitrogens is 2. The van der Waals surface area contributed by atoms with Crippen molar-refractivity contribution in [3.63, 3.8) is 0 Å². The average Bonchev–Trinajstić information content (AvgIpc) is 2.71. The Hall–Kier alpha value is -0.390. The zero-order chi connectivity index (χ0) is 9.10. The van der Waals surface area contributed by atoms with Crippen LogP contribution < -0.4 is 0 Å². The summed E-state index contributed by atoms with van der Waals surface area (Å²) < 4.78 is 1.12. The number of aryl methyl sites for hydroxylation is 1. The first kappa shape index (κ1) is 9.18. The highest BCUT2D eigenvalue weighted by molar-refractivity contribution is 8.00. The Morgan fingerprint density at radius 2 is 2.38 bits per heavy atom. The standard InChI is InChI=1S/C8H8N2S3/c1-6-4-10-7(13-6)5-12-8-9-2-3-11-8/h2-4H,5H2,1H3. The van der Waals surface area contributed by atoms with Crippen LogP contribution in [0.15, 0.2) is 22.1 Å². The molecule has 0 spiro atoms. The topological polar surface area (TPSA) is 25.8 Å². The number of hydrogen-bond acceptors (Lipinski definition) is 5. The van der Waals surface area contributed by atoms with Crippen LogP contribution >= 0.6 is 34.4 Å². The van der Waals surface area contributed by atoms with Crippen molar-refractivity contribution < 1.29 is 0 Å². The van der Waals surface area contributed by atoms with Gasteiger partial charge in [-0.15, -0.1) is 22.7 Å². The van der Waals surface area contributed by atoms with Gasteiger partial charge >= 0.3 is 0 Å². The van der Waals surface area contributed by atoms with Gasteiger partial charge < -0.3 is 0 Å². The summed E-state index contributed by atoms with van der Waals surface area (Å²) in [5, 5.41) is 3.17. The van der Waals surface area contributed by atoms with Gasteiger partial charge in [0.15, 0.2) is 0 Å². The summed E-state index contributed by atoms with van der Waals surface area (Å²) in [5.41, 5.74) is 0. The zero-order valence-corrected chi connectivity index (χ0v) is 9.51. The predicted molar refractivity (Wildman–Crippen MR) is 58.5 cm³/mol. The zero-order valence-electron chi connectivity index (χ0n) is 7.06. The molecule has 68 valence electrons. The van der Waals surface area contributed by atoms with Gasteiger partial charge in [0.1, 0.15) is 9.35 Å². The monoisotopic (exact) mass is 228 g/mol. The van der Waals surface area contributed by atoms with Gasteiger partial charge in [0, 0.05) is 22.7 Å². The summed E-state index contributed by atoms with van der Waals surface area (Å²) in [6.45, 7) is 2.08. The maximum Gasteiger partial charge on any atom is 0.150 e. The van der Waals surface area contributed by atoms with Crippen LogP contribution in [0.4, 0.5) is 0 Å². The summed E-state index contributed by atoms with van der Waals surface area (Å²) in [4.78, 5) is 9.76. The molecule has 0 fully saturated rings. The van der Waals surface area contributed by atoms with Gasteiger partial charge in [0.25, 0.3) is 0 Å². The quantitative estimate of drug-likeness (QED) is 0.754. The third-order valence-electron chi connectivity index (χ3n) is 1.40. The molecule has 0 atom stereocenters. The first-order valence-corrected chi connectivity index (χ1v) is 6.46. The molecule has 2 heterocycles. The Balaban J connectivity index is 1.93. The fraction of sp³-hybridized carbons (Fsp3) is 0.250. The first-order valence-electron chi connectivity index (χ1n) is 3.78. The lowest BCUT2D eigenvalue weighted by Crippen LogP contribution is -1.75. The number of thiazole rings is 2. The summed E-state index contributed by atoms with van der Waals surface area (Å²) in [5.74, 6) is 0.937. The van der Waals surface area contributed by atoms with Crippen molar-refractivity contribution in [1.82, 2.24) is 9.97 Å². The van der Waals surface area contributed by atoms with Crippen molar-refractivity contribution in [3.05, 3.63) is 27.7 Å². The lowest BCUT2D eigenvalue weighted by molar-refractivity contribution is 1.22. The van der Waals surface area contributed by atoms with Crippen LogP contribution in [0.2, 0.25) is 0 Å². The van der Waals surface area contributed by atoms with E-state index in [-0.39, 0.29) is 0 Å². The molecule has 0 aromatic carbocycles. The first-order chi connectivity index (χ1) is 6.34. The van der Waals surface area contributed by atoms with Crippen LogP contribution in [-0.4, -0.2) is 9.97 Å². The van der Waals surface area contributed by atoms with Crippen molar-refractivity contribution in [1.29, 1.82) is 0 Å². The fourth-order valence-electron chi connectivity index (χ4n) is 0.873. The maximum absolute atomic E-state index is 4.29. The molecule has 2 aromatic rings. The highest BCUT2D eigenvalue weighted by Gasteiger charge is 2.01. The Bertz CT molecular complexity index is 366. The van der Waals surface area contributed by atoms with E-state index in [0.717, 1.165) is 10.1 Å². The van der Waals surface area contributed by atoms with Crippen molar-refractivity contribution >= 4 is 34.4 Å². The lowest BCUT2D eigenvalue weighted by atomic mass is 10.6. The highest BCUT2D eigenvalue weighted by atomic mass is 32.2. The smallest absolute Gasteiger partial charge is 0.150 e. The van der Waals surface area contributed by atoms with Crippen LogP contribution in [0, 0.1) is 6.92 Å². The SMILES string of the molecule is Cc1cnc(CSc2nccs2)s1. The molecule has 0 aliphatic heterocycles. The molecule has 13 heavy (non-hydrogen) atoms. The van der Waals surface area contributed by atoms with Gasteiger partial charge in [0.05, 0.1) is 5.75 Å². The number of rotatable bonds is 3. The van der Waals surface area contributed by atoms with Crippen molar-refractivity contribution in [3.8, 4) is 0 Å². The molecule has 5 heteroatoms. The second kappa shape index (κ2) is 4.21. The summed E-state index contributed by atoms with van der Waals surface area (Å²) in [6, 6.07) is 0. The Labute approximate surface area is 89.1 Å². The van der Waals surface area contributed by atoms with Crippen LogP contribution in [0.5, 0.6) is 0 Å². The van der Waals surface area contributed by atoms with Gasteiger partial charge in [0.2, 0.25) is 0 Å². The molecular weight excluding hydrogens is 220 g/mol. The molecule has 0 aliphatic carbocycles. The van der Waals surface area contributed by atoms with E-state index in [9.17, 15) is 0 Å². The second-order valence-electron chi connectivity index (χ2n) is 2.45. The molecule has 2 rings (SSSR count). The molecule has 0 amide bonds. The Kier molecular flexibility index (Phi) is 2.97. The third kappa shape index (κ3) is 2.52. The Morgan fingerprint density at radius 3 is 3.00 bits per heavy atom. The number of nitrogens with zero attached hydrogens (tertiary/aromatic N) is 2. The average molecular weight is 228 g/mol. The third-order valence-corrected chi connectivity index (χ3v) is 4.47. The molecule has 2 aromatic heterocycles. The lowest BCUT2D eigenvalue weighted by Gasteiger charge is -1.91.